The molecule has 0 radical (unpaired) electrons. The highest BCUT2D eigenvalue weighted by atomic mass is 16.4. The van der Waals surface area contributed by atoms with E-state index < -0.39 is 5.91 Å². The van der Waals surface area contributed by atoms with E-state index in [4.69, 9.17) is 4.42 Å². The lowest BCUT2D eigenvalue weighted by atomic mass is 9.93. The van der Waals surface area contributed by atoms with E-state index >= 15 is 0 Å². The zero-order valence-electron chi connectivity index (χ0n) is 17.0. The second kappa shape index (κ2) is 8.83. The highest BCUT2D eigenvalue weighted by Gasteiger charge is 2.28. The highest BCUT2D eigenvalue weighted by Crippen LogP contribution is 2.30. The second-order valence-electron chi connectivity index (χ2n) is 7.27. The van der Waals surface area contributed by atoms with Gasteiger partial charge in [0.05, 0.1) is 11.3 Å². The Balaban J connectivity index is 1.52. The zero-order valence-corrected chi connectivity index (χ0v) is 17.0. The van der Waals surface area contributed by atoms with Crippen LogP contribution >= 0.6 is 0 Å². The number of nitrogens with one attached hydrogen (secondary N) is 2. The Kier molecular flexibility index (Phi) is 5.79. The lowest BCUT2D eigenvalue weighted by molar-refractivity contribution is 0.0918. The molecule has 3 aromatic rings. The van der Waals surface area contributed by atoms with Crippen LogP contribution in [0.1, 0.15) is 56.2 Å². The quantitative estimate of drug-likeness (QED) is 0.551. The number of phenolic OH excluding ortho intramolecular Hbond substituents is 1. The van der Waals surface area contributed by atoms with E-state index in [1.165, 1.54) is 12.1 Å². The third kappa shape index (κ3) is 4.32. The van der Waals surface area contributed by atoms with Gasteiger partial charge in [-0.05, 0) is 43.5 Å². The van der Waals surface area contributed by atoms with Crippen molar-refractivity contribution in [1.29, 1.82) is 0 Å². The molecule has 31 heavy (non-hydrogen) atoms. The molecule has 0 aliphatic heterocycles. The number of hydrogen-bond donors (Lipinski definition) is 3. The number of aromatic nitrogens is 1. The van der Waals surface area contributed by atoms with Crippen molar-refractivity contribution < 1.29 is 19.1 Å². The summed E-state index contributed by atoms with van der Waals surface area (Å²) < 4.78 is 5.87. The maximum Gasteiger partial charge on any atom is 0.287 e. The van der Waals surface area contributed by atoms with Crippen molar-refractivity contribution in [1.82, 2.24) is 15.7 Å². The van der Waals surface area contributed by atoms with Crippen molar-refractivity contribution >= 4 is 17.5 Å². The maximum absolute atomic E-state index is 12.7. The number of aromatic hydroxyl groups is 1. The van der Waals surface area contributed by atoms with Gasteiger partial charge < -0.3 is 14.8 Å². The van der Waals surface area contributed by atoms with E-state index in [0.717, 1.165) is 17.5 Å². The summed E-state index contributed by atoms with van der Waals surface area (Å²) in [7, 11) is 0. The summed E-state index contributed by atoms with van der Waals surface area (Å²) in [5.41, 5.74) is 5.63. The average molecular weight is 418 g/mol. The van der Waals surface area contributed by atoms with Gasteiger partial charge in [0, 0.05) is 36.5 Å². The van der Waals surface area contributed by atoms with Crippen molar-refractivity contribution in [3.63, 3.8) is 0 Å². The zero-order chi connectivity index (χ0) is 21.8. The summed E-state index contributed by atoms with van der Waals surface area (Å²) in [4.78, 5) is 29.1. The van der Waals surface area contributed by atoms with Gasteiger partial charge in [0.15, 0.2) is 5.76 Å². The molecule has 0 saturated heterocycles. The van der Waals surface area contributed by atoms with E-state index in [9.17, 15) is 14.7 Å². The number of para-hydroxylation sites is 1. The summed E-state index contributed by atoms with van der Waals surface area (Å²) in [5, 5.41) is 17.0. The summed E-state index contributed by atoms with van der Waals surface area (Å²) in [5.74, 6) is -0.000362. The minimum atomic E-state index is -0.506. The Morgan fingerprint density at radius 1 is 1.16 bits per heavy atom. The Hall–Kier alpha value is -3.94. The molecule has 0 bridgehead atoms. The first-order chi connectivity index (χ1) is 15.0. The van der Waals surface area contributed by atoms with Gasteiger partial charge in [-0.15, -0.1) is 0 Å². The van der Waals surface area contributed by atoms with Crippen molar-refractivity contribution in [3.8, 4) is 5.75 Å². The number of benzene rings is 1. The van der Waals surface area contributed by atoms with Crippen LogP contribution in [0.5, 0.6) is 5.75 Å². The largest absolute Gasteiger partial charge is 0.507 e. The number of hydrazone groups is 1. The molecule has 1 aliphatic rings. The van der Waals surface area contributed by atoms with E-state index in [2.05, 4.69) is 20.8 Å². The van der Waals surface area contributed by atoms with Gasteiger partial charge in [-0.25, -0.2) is 5.43 Å². The number of aryl methyl sites for hydroxylation is 1. The summed E-state index contributed by atoms with van der Waals surface area (Å²) in [6, 6.07) is 9.95. The first-order valence-corrected chi connectivity index (χ1v) is 9.99. The molecule has 0 unspecified atom stereocenters. The Morgan fingerprint density at radius 3 is 2.77 bits per heavy atom. The number of carbonyl (C=O) groups is 2. The SMILES string of the molecule is Cc1c(C(=O)NCc2cccnc2)oc2c1/C(=N/NC(=O)c1ccccc1O)CCC2. The first-order valence-electron chi connectivity index (χ1n) is 9.99. The van der Waals surface area contributed by atoms with Crippen LogP contribution in [0.4, 0.5) is 0 Å². The number of hydrogen-bond acceptors (Lipinski definition) is 6. The van der Waals surface area contributed by atoms with Gasteiger partial charge >= 0.3 is 0 Å². The fourth-order valence-corrected chi connectivity index (χ4v) is 3.61. The molecule has 0 fully saturated rings. The van der Waals surface area contributed by atoms with Crippen LogP contribution in [0.25, 0.3) is 0 Å². The molecule has 0 saturated carbocycles. The predicted octanol–water partition coefficient (Wildman–Crippen LogP) is 3.09. The molecule has 158 valence electrons. The molecule has 2 aromatic heterocycles. The average Bonchev–Trinajstić information content (AvgIpc) is 3.14. The molecule has 2 amide bonds. The lowest BCUT2D eigenvalue weighted by Gasteiger charge is -2.13. The van der Waals surface area contributed by atoms with Crippen LogP contribution < -0.4 is 10.7 Å². The van der Waals surface area contributed by atoms with Crippen LogP contribution in [0, 0.1) is 6.92 Å². The molecular formula is C23H22N4O4. The molecule has 1 aliphatic carbocycles. The number of phenols is 1. The topological polar surface area (TPSA) is 117 Å². The number of carbonyl (C=O) groups excluding carboxylic acids is 2. The standard InChI is InChI=1S/C23H22N4O4/c1-14-20-17(26-27-22(29)16-7-2-3-9-18(16)28)8-4-10-19(20)31-21(14)23(30)25-13-15-6-5-11-24-12-15/h2-3,5-7,9,11-12,28H,4,8,10,13H2,1H3,(H,25,30)(H,27,29)/b26-17+. The monoisotopic (exact) mass is 418 g/mol. The third-order valence-electron chi connectivity index (χ3n) is 5.15. The molecule has 2 heterocycles. The first kappa shape index (κ1) is 20.3. The van der Waals surface area contributed by atoms with Gasteiger partial charge in [0.25, 0.3) is 11.8 Å². The minimum absolute atomic E-state index is 0.114. The van der Waals surface area contributed by atoms with Crippen LogP contribution in [-0.4, -0.2) is 27.6 Å². The summed E-state index contributed by atoms with van der Waals surface area (Å²) in [6.07, 6.45) is 5.50. The van der Waals surface area contributed by atoms with E-state index in [1.54, 1.807) is 24.5 Å². The van der Waals surface area contributed by atoms with E-state index in [-0.39, 0.29) is 23.0 Å². The Bertz CT molecular complexity index is 1150. The van der Waals surface area contributed by atoms with Crippen molar-refractivity contribution in [2.45, 2.75) is 32.7 Å². The van der Waals surface area contributed by atoms with Gasteiger partial charge in [0.2, 0.25) is 0 Å². The molecule has 0 atom stereocenters. The van der Waals surface area contributed by atoms with Gasteiger partial charge in [-0.2, -0.15) is 5.10 Å². The Labute approximate surface area is 179 Å². The van der Waals surface area contributed by atoms with Crippen molar-refractivity contribution in [3.05, 3.63) is 82.6 Å². The molecule has 8 nitrogen and oxygen atoms in total. The molecule has 8 heteroatoms. The number of pyridine rings is 1. The van der Waals surface area contributed by atoms with Gasteiger partial charge in [-0.1, -0.05) is 18.2 Å². The van der Waals surface area contributed by atoms with E-state index in [1.807, 2.05) is 19.1 Å². The fourth-order valence-electron chi connectivity index (χ4n) is 3.61. The van der Waals surface area contributed by atoms with Gasteiger partial charge in [-0.3, -0.25) is 14.6 Å². The predicted molar refractivity (Wildman–Crippen MR) is 114 cm³/mol. The molecule has 3 N–H and O–H groups in total. The third-order valence-corrected chi connectivity index (χ3v) is 5.15. The number of rotatable bonds is 5. The van der Waals surface area contributed by atoms with Gasteiger partial charge in [0.1, 0.15) is 11.5 Å². The smallest absolute Gasteiger partial charge is 0.287 e. The lowest BCUT2D eigenvalue weighted by Crippen LogP contribution is -2.23. The second-order valence-corrected chi connectivity index (χ2v) is 7.27. The fraction of sp³-hybridized carbons (Fsp3) is 0.217. The number of furan rings is 1. The number of fused-ring (bicyclic) bond motifs is 1. The number of amides is 2. The van der Waals surface area contributed by atoms with Crippen LogP contribution in [0.2, 0.25) is 0 Å². The highest BCUT2D eigenvalue weighted by molar-refractivity contribution is 6.07. The minimum Gasteiger partial charge on any atom is -0.507 e. The maximum atomic E-state index is 12.7. The van der Waals surface area contributed by atoms with Crippen LogP contribution in [0.3, 0.4) is 0 Å². The van der Waals surface area contributed by atoms with Crippen molar-refractivity contribution in [2.24, 2.45) is 5.10 Å². The normalized spacial score (nSPS) is 14.2. The summed E-state index contributed by atoms with van der Waals surface area (Å²) in [6.45, 7) is 2.15. The molecule has 1 aromatic carbocycles. The molecule has 0 spiro atoms. The van der Waals surface area contributed by atoms with Crippen LogP contribution in [0.15, 0.2) is 58.3 Å². The van der Waals surface area contributed by atoms with E-state index in [0.29, 0.717) is 36.4 Å². The molecular weight excluding hydrogens is 396 g/mol. The van der Waals surface area contributed by atoms with Crippen molar-refractivity contribution in [2.75, 3.05) is 0 Å². The van der Waals surface area contributed by atoms with Crippen LogP contribution in [-0.2, 0) is 13.0 Å². The Morgan fingerprint density at radius 2 is 2.00 bits per heavy atom. The number of nitrogens with zero attached hydrogens (tertiary/aromatic N) is 2. The molecule has 4 rings (SSSR count). The summed E-state index contributed by atoms with van der Waals surface area (Å²) >= 11 is 0.